The van der Waals surface area contributed by atoms with Crippen LogP contribution >= 0.6 is 11.6 Å². The van der Waals surface area contributed by atoms with E-state index in [0.29, 0.717) is 12.3 Å². The predicted molar refractivity (Wildman–Crippen MR) is 58.3 cm³/mol. The van der Waals surface area contributed by atoms with Crippen molar-refractivity contribution in [2.75, 3.05) is 0 Å². The normalized spacial score (nSPS) is 18.2. The molecule has 1 aliphatic carbocycles. The summed E-state index contributed by atoms with van der Waals surface area (Å²) in [6.07, 6.45) is 3.15. The van der Waals surface area contributed by atoms with E-state index < -0.39 is 17.7 Å². The lowest BCUT2D eigenvalue weighted by Gasteiger charge is -2.27. The van der Waals surface area contributed by atoms with Crippen LogP contribution in [0.15, 0.2) is 12.1 Å². The molecule has 0 saturated heterocycles. The van der Waals surface area contributed by atoms with E-state index >= 15 is 0 Å². The lowest BCUT2D eigenvalue weighted by Crippen LogP contribution is -2.15. The molecule has 4 heteroatoms. The average Bonchev–Trinajstić information content (AvgIpc) is 2.17. The summed E-state index contributed by atoms with van der Waals surface area (Å²) < 4.78 is 25.8. The zero-order chi connectivity index (χ0) is 11.7. The van der Waals surface area contributed by atoms with Gasteiger partial charge in [0.2, 0.25) is 0 Å². The Bertz CT molecular complexity index is 391. The van der Waals surface area contributed by atoms with Crippen LogP contribution in [0.25, 0.3) is 0 Å². The molecule has 2 rings (SSSR count). The summed E-state index contributed by atoms with van der Waals surface area (Å²) in [6, 6.07) is 1.90. The van der Waals surface area contributed by atoms with Gasteiger partial charge in [0, 0.05) is 10.6 Å². The van der Waals surface area contributed by atoms with E-state index in [-0.39, 0.29) is 10.6 Å². The fourth-order valence-corrected chi connectivity index (χ4v) is 2.24. The molecule has 1 aliphatic rings. The first kappa shape index (κ1) is 11.8. The standard InChI is InChI=1S/C12H13ClF2O/c13-9-6-11(15)10(14)5-8(9)12(16)4-7-2-1-3-7/h5-7,12,16H,1-4H2. The van der Waals surface area contributed by atoms with Gasteiger partial charge < -0.3 is 5.11 Å². The first-order valence-corrected chi connectivity index (χ1v) is 5.78. The SMILES string of the molecule is OC(CC1CCC1)c1cc(F)c(F)cc1Cl. The summed E-state index contributed by atoms with van der Waals surface area (Å²) in [5.74, 6) is -1.46. The Morgan fingerprint density at radius 3 is 2.50 bits per heavy atom. The molecule has 0 spiro atoms. The molecule has 1 N–H and O–H groups in total. The third-order valence-electron chi connectivity index (χ3n) is 3.18. The molecular weight excluding hydrogens is 234 g/mol. The number of rotatable bonds is 3. The van der Waals surface area contributed by atoms with E-state index in [1.54, 1.807) is 0 Å². The van der Waals surface area contributed by atoms with Gasteiger partial charge in [-0.2, -0.15) is 0 Å². The summed E-state index contributed by atoms with van der Waals surface area (Å²) in [6.45, 7) is 0. The van der Waals surface area contributed by atoms with E-state index in [1.165, 1.54) is 6.42 Å². The van der Waals surface area contributed by atoms with Crippen molar-refractivity contribution >= 4 is 11.6 Å². The number of aliphatic hydroxyl groups excluding tert-OH is 1. The fraction of sp³-hybridized carbons (Fsp3) is 0.500. The second kappa shape index (κ2) is 4.68. The third-order valence-corrected chi connectivity index (χ3v) is 3.51. The smallest absolute Gasteiger partial charge is 0.160 e. The van der Waals surface area contributed by atoms with Gasteiger partial charge >= 0.3 is 0 Å². The van der Waals surface area contributed by atoms with Crippen LogP contribution in [0.2, 0.25) is 5.02 Å². The second-order valence-electron chi connectivity index (χ2n) is 4.34. The Morgan fingerprint density at radius 1 is 1.31 bits per heavy atom. The van der Waals surface area contributed by atoms with E-state index in [2.05, 4.69) is 0 Å². The first-order chi connectivity index (χ1) is 7.58. The van der Waals surface area contributed by atoms with Gasteiger partial charge in [0.25, 0.3) is 0 Å². The molecule has 88 valence electrons. The maximum Gasteiger partial charge on any atom is 0.160 e. The molecule has 1 aromatic carbocycles. The summed E-state index contributed by atoms with van der Waals surface area (Å²) in [5.41, 5.74) is 0.285. The Kier molecular flexibility index (Phi) is 3.45. The van der Waals surface area contributed by atoms with E-state index in [9.17, 15) is 13.9 Å². The molecule has 1 fully saturated rings. The van der Waals surface area contributed by atoms with Gasteiger partial charge in [0.05, 0.1) is 6.10 Å². The van der Waals surface area contributed by atoms with Crippen molar-refractivity contribution in [3.63, 3.8) is 0 Å². The number of benzene rings is 1. The number of halogens is 3. The summed E-state index contributed by atoms with van der Waals surface area (Å²) >= 11 is 5.77. The summed E-state index contributed by atoms with van der Waals surface area (Å²) in [5, 5.41) is 9.97. The van der Waals surface area contributed by atoms with Crippen molar-refractivity contribution in [2.24, 2.45) is 5.92 Å². The number of hydrogen-bond acceptors (Lipinski definition) is 1. The lowest BCUT2D eigenvalue weighted by atomic mass is 9.80. The van der Waals surface area contributed by atoms with Gasteiger partial charge in [0.15, 0.2) is 11.6 Å². The molecule has 1 saturated carbocycles. The van der Waals surface area contributed by atoms with E-state index in [1.807, 2.05) is 0 Å². The Hall–Kier alpha value is -0.670. The predicted octanol–water partition coefficient (Wildman–Crippen LogP) is 3.84. The highest BCUT2D eigenvalue weighted by atomic mass is 35.5. The van der Waals surface area contributed by atoms with Gasteiger partial charge in [0.1, 0.15) is 0 Å². The highest BCUT2D eigenvalue weighted by Crippen LogP contribution is 2.36. The van der Waals surface area contributed by atoms with Crippen LogP contribution in [-0.4, -0.2) is 5.11 Å². The topological polar surface area (TPSA) is 20.2 Å². The second-order valence-corrected chi connectivity index (χ2v) is 4.74. The van der Waals surface area contributed by atoms with Gasteiger partial charge in [-0.25, -0.2) is 8.78 Å². The minimum absolute atomic E-state index is 0.0886. The minimum Gasteiger partial charge on any atom is -0.388 e. The summed E-state index contributed by atoms with van der Waals surface area (Å²) in [4.78, 5) is 0. The van der Waals surface area contributed by atoms with Gasteiger partial charge in [-0.3, -0.25) is 0 Å². The van der Waals surface area contributed by atoms with Crippen molar-refractivity contribution in [3.05, 3.63) is 34.4 Å². The molecule has 1 unspecified atom stereocenters. The van der Waals surface area contributed by atoms with Gasteiger partial charge in [-0.05, 0) is 24.5 Å². The maximum absolute atomic E-state index is 13.0. The van der Waals surface area contributed by atoms with Crippen molar-refractivity contribution in [2.45, 2.75) is 31.8 Å². The molecule has 0 aromatic heterocycles. The molecule has 0 heterocycles. The van der Waals surface area contributed by atoms with Crippen molar-refractivity contribution in [1.29, 1.82) is 0 Å². The van der Waals surface area contributed by atoms with Crippen molar-refractivity contribution in [1.82, 2.24) is 0 Å². The fourth-order valence-electron chi connectivity index (χ4n) is 1.96. The van der Waals surface area contributed by atoms with E-state index in [4.69, 9.17) is 11.6 Å². The summed E-state index contributed by atoms with van der Waals surface area (Å²) in [7, 11) is 0. The van der Waals surface area contributed by atoms with E-state index in [0.717, 1.165) is 25.0 Å². The molecule has 1 aromatic rings. The molecule has 0 bridgehead atoms. The monoisotopic (exact) mass is 246 g/mol. The van der Waals surface area contributed by atoms with Gasteiger partial charge in [-0.15, -0.1) is 0 Å². The zero-order valence-electron chi connectivity index (χ0n) is 8.72. The maximum atomic E-state index is 13.0. The Labute approximate surface area is 98.0 Å². The number of aliphatic hydroxyl groups is 1. The molecule has 0 radical (unpaired) electrons. The number of hydrogen-bond donors (Lipinski definition) is 1. The van der Waals surface area contributed by atoms with Crippen molar-refractivity contribution < 1.29 is 13.9 Å². The highest BCUT2D eigenvalue weighted by molar-refractivity contribution is 6.31. The molecule has 0 amide bonds. The quantitative estimate of drug-likeness (QED) is 0.804. The highest BCUT2D eigenvalue weighted by Gasteiger charge is 2.23. The van der Waals surface area contributed by atoms with Crippen LogP contribution in [0.1, 0.15) is 37.4 Å². The van der Waals surface area contributed by atoms with Crippen molar-refractivity contribution in [3.8, 4) is 0 Å². The lowest BCUT2D eigenvalue weighted by molar-refractivity contribution is 0.118. The van der Waals surface area contributed by atoms with Crippen LogP contribution in [0.4, 0.5) is 8.78 Å². The van der Waals surface area contributed by atoms with Crippen LogP contribution in [0.5, 0.6) is 0 Å². The largest absolute Gasteiger partial charge is 0.388 e. The molecule has 16 heavy (non-hydrogen) atoms. The molecule has 1 atom stereocenters. The van der Waals surface area contributed by atoms with Gasteiger partial charge in [-0.1, -0.05) is 30.9 Å². The Morgan fingerprint density at radius 2 is 1.94 bits per heavy atom. The van der Waals surface area contributed by atoms with Crippen LogP contribution in [0, 0.1) is 17.6 Å². The minimum atomic E-state index is -0.982. The van der Waals surface area contributed by atoms with Crippen LogP contribution < -0.4 is 0 Å². The van der Waals surface area contributed by atoms with Crippen LogP contribution in [-0.2, 0) is 0 Å². The zero-order valence-corrected chi connectivity index (χ0v) is 9.47. The van der Waals surface area contributed by atoms with Crippen LogP contribution in [0.3, 0.4) is 0 Å². The molecule has 0 aliphatic heterocycles. The average molecular weight is 247 g/mol. The molecule has 1 nitrogen and oxygen atoms in total. The first-order valence-electron chi connectivity index (χ1n) is 5.40. The Balaban J connectivity index is 2.14. The molecular formula is C12H13ClF2O. The third kappa shape index (κ3) is 2.36.